The van der Waals surface area contributed by atoms with Crippen molar-refractivity contribution in [3.05, 3.63) is 199 Å². The molecule has 0 radical (unpaired) electrons. The molecule has 9 aromatic rings. The van der Waals surface area contributed by atoms with Crippen LogP contribution in [0.15, 0.2) is 192 Å². The Balaban J connectivity index is 1.07. The molecule has 0 N–H and O–H groups in total. The van der Waals surface area contributed by atoms with E-state index < -0.39 is 0 Å². The highest BCUT2D eigenvalue weighted by Gasteiger charge is 2.38. The molecule has 0 bridgehead atoms. The summed E-state index contributed by atoms with van der Waals surface area (Å²) in [7, 11) is 0. The van der Waals surface area contributed by atoms with Crippen LogP contribution in [0.4, 0.5) is 17.1 Å². The summed E-state index contributed by atoms with van der Waals surface area (Å²) in [5.74, 6) is 0. The molecule has 0 atom stereocenters. The average Bonchev–Trinajstić information content (AvgIpc) is 3.71. The van der Waals surface area contributed by atoms with Crippen molar-refractivity contribution < 1.29 is 4.42 Å². The smallest absolute Gasteiger partial charge is 0.143 e. The maximum absolute atomic E-state index is 6.58. The molecule has 0 fully saturated rings. The van der Waals surface area contributed by atoms with Gasteiger partial charge >= 0.3 is 0 Å². The van der Waals surface area contributed by atoms with Crippen LogP contribution in [0, 0.1) is 0 Å². The van der Waals surface area contributed by atoms with Crippen LogP contribution >= 0.6 is 0 Å². The molecule has 1 aromatic heterocycles. The van der Waals surface area contributed by atoms with Crippen molar-refractivity contribution >= 4 is 39.0 Å². The van der Waals surface area contributed by atoms with Crippen LogP contribution in [0.1, 0.15) is 25.0 Å². The quantitative estimate of drug-likeness (QED) is 0.174. The molecule has 53 heavy (non-hydrogen) atoms. The van der Waals surface area contributed by atoms with Crippen LogP contribution in [-0.4, -0.2) is 0 Å². The average molecular weight is 680 g/mol. The maximum atomic E-state index is 6.58. The second-order valence-corrected chi connectivity index (χ2v) is 14.6. The third kappa shape index (κ3) is 5.18. The molecule has 2 nitrogen and oxygen atoms in total. The standard InChI is InChI=1S/C51H37NO/c1-51(2)46-32-31-44-43-15-9-10-16-48(43)53-50(44)49(46)45-30-29-42(33-47(45)51)52(40-25-21-38(22-26-40)35-13-7-4-8-14-35)41-27-23-39(24-28-41)37-19-17-36(18-20-37)34-11-5-3-6-12-34/h3-33H,1-2H3. The maximum Gasteiger partial charge on any atom is 0.143 e. The fourth-order valence-electron chi connectivity index (χ4n) is 8.30. The zero-order valence-electron chi connectivity index (χ0n) is 29.8. The minimum Gasteiger partial charge on any atom is -0.455 e. The van der Waals surface area contributed by atoms with Gasteiger partial charge in [0.15, 0.2) is 0 Å². The molecule has 0 saturated carbocycles. The number of hydrogen-bond donors (Lipinski definition) is 0. The van der Waals surface area contributed by atoms with Crippen molar-refractivity contribution in [1.29, 1.82) is 0 Å². The monoisotopic (exact) mass is 679 g/mol. The molecule has 0 amide bonds. The zero-order valence-corrected chi connectivity index (χ0v) is 29.8. The summed E-state index contributed by atoms with van der Waals surface area (Å²) in [6, 6.07) is 67.8. The second-order valence-electron chi connectivity index (χ2n) is 14.6. The lowest BCUT2D eigenvalue weighted by Crippen LogP contribution is -2.16. The van der Waals surface area contributed by atoms with Crippen LogP contribution in [-0.2, 0) is 5.41 Å². The van der Waals surface area contributed by atoms with E-state index in [-0.39, 0.29) is 5.41 Å². The topological polar surface area (TPSA) is 16.4 Å². The first kappa shape index (κ1) is 31.1. The van der Waals surface area contributed by atoms with Gasteiger partial charge in [-0.05, 0) is 92.5 Å². The summed E-state index contributed by atoms with van der Waals surface area (Å²) < 4.78 is 6.58. The fraction of sp³-hybridized carbons (Fsp3) is 0.0588. The normalized spacial score (nSPS) is 12.9. The number of rotatable bonds is 6. The Kier molecular flexibility index (Phi) is 7.19. The predicted molar refractivity (Wildman–Crippen MR) is 222 cm³/mol. The van der Waals surface area contributed by atoms with Crippen molar-refractivity contribution in [3.63, 3.8) is 0 Å². The molecule has 0 spiro atoms. The van der Waals surface area contributed by atoms with Crippen LogP contribution in [0.3, 0.4) is 0 Å². The van der Waals surface area contributed by atoms with Gasteiger partial charge in [0.25, 0.3) is 0 Å². The molecule has 0 saturated heterocycles. The number of furan rings is 1. The van der Waals surface area contributed by atoms with Gasteiger partial charge < -0.3 is 9.32 Å². The summed E-state index contributed by atoms with van der Waals surface area (Å²) >= 11 is 0. The number of hydrogen-bond acceptors (Lipinski definition) is 2. The first-order valence-electron chi connectivity index (χ1n) is 18.3. The van der Waals surface area contributed by atoms with E-state index in [4.69, 9.17) is 4.42 Å². The van der Waals surface area contributed by atoms with Gasteiger partial charge in [-0.1, -0.05) is 159 Å². The number of para-hydroxylation sites is 1. The van der Waals surface area contributed by atoms with Gasteiger partial charge in [0.05, 0.1) is 0 Å². The molecular weight excluding hydrogens is 643 g/mol. The fourth-order valence-corrected chi connectivity index (χ4v) is 8.30. The van der Waals surface area contributed by atoms with Gasteiger partial charge in [-0.15, -0.1) is 0 Å². The lowest BCUT2D eigenvalue weighted by Gasteiger charge is -2.28. The minimum absolute atomic E-state index is 0.202. The van der Waals surface area contributed by atoms with E-state index in [0.717, 1.165) is 33.6 Å². The molecule has 0 aliphatic heterocycles. The van der Waals surface area contributed by atoms with Crippen LogP contribution in [0.2, 0.25) is 0 Å². The second kappa shape index (κ2) is 12.3. The van der Waals surface area contributed by atoms with Crippen LogP contribution < -0.4 is 4.90 Å². The van der Waals surface area contributed by atoms with Gasteiger partial charge in [-0.25, -0.2) is 0 Å². The van der Waals surface area contributed by atoms with Gasteiger partial charge in [-0.3, -0.25) is 0 Å². The number of fused-ring (bicyclic) bond motifs is 7. The largest absolute Gasteiger partial charge is 0.455 e. The first-order chi connectivity index (χ1) is 26.0. The molecule has 252 valence electrons. The Morgan fingerprint density at radius 3 is 1.43 bits per heavy atom. The number of anilines is 3. The summed E-state index contributed by atoms with van der Waals surface area (Å²) in [5, 5.41) is 2.33. The summed E-state index contributed by atoms with van der Waals surface area (Å²) in [6.45, 7) is 4.68. The summed E-state index contributed by atoms with van der Waals surface area (Å²) in [5.41, 5.74) is 17.4. The number of nitrogens with zero attached hydrogens (tertiary/aromatic N) is 1. The lowest BCUT2D eigenvalue weighted by atomic mass is 9.82. The third-order valence-electron chi connectivity index (χ3n) is 11.1. The van der Waals surface area contributed by atoms with Crippen molar-refractivity contribution in [2.75, 3.05) is 4.90 Å². The highest BCUT2D eigenvalue weighted by molar-refractivity contribution is 6.12. The Labute approximate surface area is 310 Å². The Bertz CT molecular complexity index is 2760. The van der Waals surface area contributed by atoms with Crippen molar-refractivity contribution in [2.24, 2.45) is 0 Å². The van der Waals surface area contributed by atoms with Gasteiger partial charge in [-0.2, -0.15) is 0 Å². The molecule has 2 heteroatoms. The van der Waals surface area contributed by atoms with E-state index in [1.807, 2.05) is 6.07 Å². The van der Waals surface area contributed by atoms with Gasteiger partial charge in [0, 0.05) is 38.8 Å². The van der Waals surface area contributed by atoms with E-state index in [2.05, 4.69) is 201 Å². The molecule has 0 unspecified atom stereocenters. The van der Waals surface area contributed by atoms with Crippen LogP contribution in [0.25, 0.3) is 66.4 Å². The summed E-state index contributed by atoms with van der Waals surface area (Å²) in [6.07, 6.45) is 0. The number of benzene rings is 8. The summed E-state index contributed by atoms with van der Waals surface area (Å²) in [4.78, 5) is 2.38. The van der Waals surface area contributed by atoms with Crippen molar-refractivity contribution in [1.82, 2.24) is 0 Å². The van der Waals surface area contributed by atoms with Crippen molar-refractivity contribution in [3.8, 4) is 44.5 Å². The van der Waals surface area contributed by atoms with E-state index in [0.29, 0.717) is 0 Å². The van der Waals surface area contributed by atoms with Crippen LogP contribution in [0.5, 0.6) is 0 Å². The Hall–Kier alpha value is -6.64. The molecule has 10 rings (SSSR count). The van der Waals surface area contributed by atoms with E-state index in [1.165, 1.54) is 61.0 Å². The predicted octanol–water partition coefficient (Wildman–Crippen LogP) is 14.4. The van der Waals surface area contributed by atoms with E-state index in [1.54, 1.807) is 0 Å². The third-order valence-corrected chi connectivity index (χ3v) is 11.1. The molecule has 8 aromatic carbocycles. The zero-order chi connectivity index (χ0) is 35.5. The SMILES string of the molecule is CC1(C)c2cc(N(c3ccc(-c4ccccc4)cc3)c3ccc(-c4ccc(-c5ccccc5)cc4)cc3)ccc2-c2c1ccc1c2oc2ccccc21. The van der Waals surface area contributed by atoms with E-state index in [9.17, 15) is 0 Å². The minimum atomic E-state index is -0.202. The van der Waals surface area contributed by atoms with Crippen molar-refractivity contribution in [2.45, 2.75) is 19.3 Å². The molecular formula is C51H37NO. The Morgan fingerprint density at radius 2 is 0.868 bits per heavy atom. The first-order valence-corrected chi connectivity index (χ1v) is 18.3. The van der Waals surface area contributed by atoms with Gasteiger partial charge in [0.2, 0.25) is 0 Å². The molecule has 1 heterocycles. The lowest BCUT2D eigenvalue weighted by molar-refractivity contribution is 0.653. The van der Waals surface area contributed by atoms with E-state index >= 15 is 0 Å². The Morgan fingerprint density at radius 1 is 0.396 bits per heavy atom. The molecule has 1 aliphatic carbocycles. The van der Waals surface area contributed by atoms with Gasteiger partial charge in [0.1, 0.15) is 11.2 Å². The molecule has 1 aliphatic rings. The highest BCUT2D eigenvalue weighted by atomic mass is 16.3. The highest BCUT2D eigenvalue weighted by Crippen LogP contribution is 2.54.